The van der Waals surface area contributed by atoms with Crippen LogP contribution in [-0.2, 0) is 31.3 Å². The van der Waals surface area contributed by atoms with Gasteiger partial charge in [0.05, 0.1) is 24.5 Å². The quantitative estimate of drug-likeness (QED) is 0.453. The number of methoxy groups -OCH3 is 2. The number of hydrogen-bond acceptors (Lipinski definition) is 7. The molecule has 4 aliphatic rings. The lowest BCUT2D eigenvalue weighted by molar-refractivity contribution is 0.0129. The number of hydrogen-bond donors (Lipinski definition) is 1. The first-order valence-electron chi connectivity index (χ1n) is 15.2. The molecule has 10 heteroatoms. The van der Waals surface area contributed by atoms with E-state index in [-0.39, 0.29) is 17.1 Å². The van der Waals surface area contributed by atoms with E-state index in [1.807, 2.05) is 18.2 Å². The number of anilines is 1. The van der Waals surface area contributed by atoms with Crippen molar-refractivity contribution in [2.45, 2.75) is 68.3 Å². The Hall–Kier alpha value is -2.59. The van der Waals surface area contributed by atoms with E-state index in [0.717, 1.165) is 55.9 Å². The van der Waals surface area contributed by atoms with E-state index in [2.05, 4.69) is 21.8 Å². The maximum Gasteiger partial charge on any atom is 0.264 e. The Morgan fingerprint density at radius 2 is 1.95 bits per heavy atom. The largest absolute Gasteiger partial charge is 0.490 e. The number of halogens is 1. The second-order valence-corrected chi connectivity index (χ2v) is 15.1. The third-order valence-electron chi connectivity index (χ3n) is 10.2. The van der Waals surface area contributed by atoms with Gasteiger partial charge in [-0.2, -0.15) is 0 Å². The molecule has 2 aliphatic carbocycles. The number of aryl methyl sites for hydroxylation is 1. The summed E-state index contributed by atoms with van der Waals surface area (Å²) in [6.45, 7) is 3.58. The fourth-order valence-corrected chi connectivity index (χ4v) is 8.87. The monoisotopic (exact) mass is 628 g/mol. The molecule has 2 heterocycles. The van der Waals surface area contributed by atoms with E-state index in [1.54, 1.807) is 32.2 Å². The Kier molecular flexibility index (Phi) is 8.54. The van der Waals surface area contributed by atoms with Crippen molar-refractivity contribution in [2.75, 3.05) is 38.8 Å². The molecule has 0 aromatic heterocycles. The summed E-state index contributed by atoms with van der Waals surface area (Å²) in [5, 5.41) is -0.205. The number of nitrogens with zero attached hydrogens (tertiary/aromatic N) is 1. The Balaban J connectivity index is 1.43. The molecule has 1 amide bonds. The molecule has 2 bridgehead atoms. The predicted octanol–water partition coefficient (Wildman–Crippen LogP) is 5.28. The number of nitrogens with one attached hydrogen (secondary N) is 1. The molecule has 2 aliphatic heterocycles. The van der Waals surface area contributed by atoms with Gasteiger partial charge in [-0.05, 0) is 98.7 Å². The van der Waals surface area contributed by atoms with Crippen LogP contribution in [0.1, 0.15) is 60.5 Å². The van der Waals surface area contributed by atoms with Crippen LogP contribution in [0.5, 0.6) is 5.75 Å². The van der Waals surface area contributed by atoms with E-state index in [9.17, 15) is 13.2 Å². The molecule has 1 fully saturated rings. The van der Waals surface area contributed by atoms with Crippen LogP contribution in [0.3, 0.4) is 0 Å². The average Bonchev–Trinajstić information content (AvgIpc) is 3.12. The molecular weight excluding hydrogens is 588 g/mol. The number of benzene rings is 2. The van der Waals surface area contributed by atoms with Crippen molar-refractivity contribution in [3.8, 4) is 5.75 Å². The summed E-state index contributed by atoms with van der Waals surface area (Å²) in [4.78, 5) is 15.8. The minimum absolute atomic E-state index is 0.0867. The highest BCUT2D eigenvalue weighted by Gasteiger charge is 2.44. The van der Waals surface area contributed by atoms with Gasteiger partial charge in [0.15, 0.2) is 0 Å². The SMILES string of the molecule is CO[C@H]1/C=C/C[C@H](OC)[C@H](C)S(=O)(=O)NC(=O)c2ccc3c(c2)N(C[C@@H]2CC[C@H]21)C[C@@]1(CCCc2cc(Cl)ccc21)CO3. The molecule has 1 saturated carbocycles. The fraction of sp³-hybridized carbons (Fsp3) is 0.545. The summed E-state index contributed by atoms with van der Waals surface area (Å²) in [6, 6.07) is 11.4. The van der Waals surface area contributed by atoms with E-state index in [0.29, 0.717) is 30.6 Å². The number of sulfonamides is 1. The minimum atomic E-state index is -4.02. The molecule has 1 spiro atoms. The van der Waals surface area contributed by atoms with E-state index in [4.69, 9.17) is 25.8 Å². The molecule has 0 radical (unpaired) electrons. The summed E-state index contributed by atoms with van der Waals surface area (Å²) >= 11 is 6.40. The summed E-state index contributed by atoms with van der Waals surface area (Å²) in [5.41, 5.74) is 3.39. The number of rotatable bonds is 2. The second-order valence-electron chi connectivity index (χ2n) is 12.6. The second kappa shape index (κ2) is 12.1. The van der Waals surface area contributed by atoms with Gasteiger partial charge in [-0.3, -0.25) is 4.79 Å². The lowest BCUT2D eigenvalue weighted by atomic mass is 9.68. The van der Waals surface area contributed by atoms with E-state index >= 15 is 0 Å². The van der Waals surface area contributed by atoms with Gasteiger partial charge < -0.3 is 19.1 Å². The van der Waals surface area contributed by atoms with Gasteiger partial charge in [-0.1, -0.05) is 29.8 Å². The van der Waals surface area contributed by atoms with Crippen LogP contribution in [-0.4, -0.2) is 65.7 Å². The first-order valence-corrected chi connectivity index (χ1v) is 17.2. The number of fused-ring (bicyclic) bond motifs is 4. The molecule has 8 nitrogen and oxygen atoms in total. The Bertz CT molecular complexity index is 1510. The highest BCUT2D eigenvalue weighted by molar-refractivity contribution is 7.90. The van der Waals surface area contributed by atoms with Gasteiger partial charge in [0.25, 0.3) is 5.91 Å². The van der Waals surface area contributed by atoms with Crippen molar-refractivity contribution in [3.63, 3.8) is 0 Å². The van der Waals surface area contributed by atoms with Crippen molar-refractivity contribution in [2.24, 2.45) is 11.8 Å². The predicted molar refractivity (Wildman–Crippen MR) is 168 cm³/mol. The Morgan fingerprint density at radius 3 is 2.70 bits per heavy atom. The summed E-state index contributed by atoms with van der Waals surface area (Å²) in [7, 11) is -0.792. The zero-order chi connectivity index (χ0) is 30.4. The van der Waals surface area contributed by atoms with Crippen LogP contribution in [0, 0.1) is 11.8 Å². The summed E-state index contributed by atoms with van der Waals surface area (Å²) in [6.07, 6.45) is 8.82. The first kappa shape index (κ1) is 30.4. The average molecular weight is 629 g/mol. The van der Waals surface area contributed by atoms with Gasteiger partial charge in [-0.25, -0.2) is 13.1 Å². The smallest absolute Gasteiger partial charge is 0.264 e. The lowest BCUT2D eigenvalue weighted by Gasteiger charge is -2.46. The fourth-order valence-electron chi connectivity index (χ4n) is 7.50. The molecule has 6 rings (SSSR count). The molecule has 0 unspecified atom stereocenters. The van der Waals surface area contributed by atoms with Gasteiger partial charge in [0, 0.05) is 43.3 Å². The number of ether oxygens (including phenoxy) is 3. The number of amides is 1. The molecular formula is C33H41ClN2O6S. The third-order valence-corrected chi connectivity index (χ3v) is 12.2. The third kappa shape index (κ3) is 5.81. The van der Waals surface area contributed by atoms with Crippen LogP contribution in [0.15, 0.2) is 48.6 Å². The van der Waals surface area contributed by atoms with E-state index < -0.39 is 27.3 Å². The highest BCUT2D eigenvalue weighted by atomic mass is 35.5. The standard InChI is InChI=1S/C33H41ClN2O6S/c1-21-29(40-2)7-4-8-30(41-3)26-12-9-24(26)18-36-19-33(15-5-6-22-16-25(34)11-13-27(22)33)20-42-31-14-10-23(17-28(31)36)32(37)35-43(21,38)39/h4,8,10-11,13-14,16-17,21,24,26,29-30H,5-7,9,12,15,18-20H2,1-3H3,(H,35,37)/b8-4+/t21-,24-,26+,29-,30-,33-/m0/s1. The molecule has 43 heavy (non-hydrogen) atoms. The number of carbonyl (C=O) groups is 1. The highest BCUT2D eigenvalue weighted by Crippen LogP contribution is 2.47. The summed E-state index contributed by atoms with van der Waals surface area (Å²) in [5.74, 6) is 0.743. The van der Waals surface area contributed by atoms with Crippen molar-refractivity contribution in [1.82, 2.24) is 4.72 Å². The normalized spacial score (nSPS) is 32.8. The van der Waals surface area contributed by atoms with Gasteiger partial charge in [0.2, 0.25) is 10.0 Å². The molecule has 0 saturated heterocycles. The van der Waals surface area contributed by atoms with Crippen molar-refractivity contribution < 1.29 is 27.4 Å². The Labute approximate surface area is 259 Å². The molecule has 2 aromatic carbocycles. The van der Waals surface area contributed by atoms with E-state index in [1.165, 1.54) is 18.2 Å². The zero-order valence-corrected chi connectivity index (χ0v) is 26.6. The maximum absolute atomic E-state index is 13.4. The minimum Gasteiger partial charge on any atom is -0.490 e. The topological polar surface area (TPSA) is 94.2 Å². The van der Waals surface area contributed by atoms with Crippen molar-refractivity contribution >= 4 is 33.2 Å². The van der Waals surface area contributed by atoms with Crippen LogP contribution < -0.4 is 14.4 Å². The molecule has 6 atom stereocenters. The van der Waals surface area contributed by atoms with Crippen LogP contribution >= 0.6 is 11.6 Å². The molecule has 232 valence electrons. The summed E-state index contributed by atoms with van der Waals surface area (Å²) < 4.78 is 46.9. The van der Waals surface area contributed by atoms with Crippen molar-refractivity contribution in [3.05, 3.63) is 70.3 Å². The van der Waals surface area contributed by atoms with Crippen molar-refractivity contribution in [1.29, 1.82) is 0 Å². The first-order chi connectivity index (χ1) is 20.6. The Morgan fingerprint density at radius 1 is 1.12 bits per heavy atom. The number of carbonyl (C=O) groups excluding carboxylic acids is 1. The van der Waals surface area contributed by atoms with Crippen LogP contribution in [0.2, 0.25) is 5.02 Å². The molecule has 2 aromatic rings. The van der Waals surface area contributed by atoms with Gasteiger partial charge in [-0.15, -0.1) is 0 Å². The zero-order valence-electron chi connectivity index (χ0n) is 25.1. The van der Waals surface area contributed by atoms with Crippen LogP contribution in [0.4, 0.5) is 5.69 Å². The molecule has 1 N–H and O–H groups in total. The van der Waals surface area contributed by atoms with Gasteiger partial charge in [0.1, 0.15) is 11.0 Å². The van der Waals surface area contributed by atoms with Gasteiger partial charge >= 0.3 is 0 Å². The lowest BCUT2D eigenvalue weighted by Crippen LogP contribution is -2.49. The maximum atomic E-state index is 13.4. The van der Waals surface area contributed by atoms with Crippen LogP contribution in [0.25, 0.3) is 0 Å².